The van der Waals surface area contributed by atoms with Crippen LogP contribution in [0.25, 0.3) is 0 Å². The number of aliphatic hydroxyl groups excluding tert-OH is 1. The van der Waals surface area contributed by atoms with Crippen LogP contribution in [0.3, 0.4) is 0 Å². The molecule has 3 rings (SSSR count). The van der Waals surface area contributed by atoms with Crippen molar-refractivity contribution in [3.63, 3.8) is 0 Å². The van der Waals surface area contributed by atoms with Crippen LogP contribution in [0.4, 0.5) is 10.1 Å². The normalized spacial score (nSPS) is 25.4. The number of rotatable bonds is 1. The fourth-order valence-electron chi connectivity index (χ4n) is 3.12. The van der Waals surface area contributed by atoms with E-state index in [0.29, 0.717) is 0 Å². The number of piperidine rings is 1. The minimum Gasteiger partial charge on any atom is -0.384 e. The molecule has 2 unspecified atom stereocenters. The average Bonchev–Trinajstić information content (AvgIpc) is 2.88. The Morgan fingerprint density at radius 2 is 1.90 bits per heavy atom. The quantitative estimate of drug-likeness (QED) is 0.626. The van der Waals surface area contributed by atoms with Gasteiger partial charge in [0.25, 0.3) is 0 Å². The lowest BCUT2D eigenvalue weighted by Gasteiger charge is -2.21. The molecular formula is C16H14FNO3. The first kappa shape index (κ1) is 13.8. The van der Waals surface area contributed by atoms with Crippen LogP contribution in [0.2, 0.25) is 0 Å². The second-order valence-electron chi connectivity index (χ2n) is 5.91. The number of benzene rings is 1. The van der Waals surface area contributed by atoms with E-state index >= 15 is 0 Å². The Hall–Kier alpha value is -2.19. The largest absolute Gasteiger partial charge is 0.384 e. The third kappa shape index (κ3) is 1.87. The van der Waals surface area contributed by atoms with Gasteiger partial charge in [-0.2, -0.15) is 0 Å². The van der Waals surface area contributed by atoms with Crippen molar-refractivity contribution in [3.8, 4) is 11.8 Å². The number of hydrogen-bond donors (Lipinski definition) is 1. The van der Waals surface area contributed by atoms with Gasteiger partial charge in [0.2, 0.25) is 11.8 Å². The number of imide groups is 1. The highest BCUT2D eigenvalue weighted by molar-refractivity contribution is 6.26. The van der Waals surface area contributed by atoms with Crippen molar-refractivity contribution >= 4 is 17.5 Å². The van der Waals surface area contributed by atoms with Crippen LogP contribution in [0, 0.1) is 34.9 Å². The standard InChI is InChI=1S/C16H14FNO3/c1-16(2)12-13(16)15(21)18(14(12)20)11-6-5-10(17)8-9(11)4-3-7-19/h5-6,8,12-13,19H,7H2,1-2H3. The Balaban J connectivity index is 2.03. The number of anilines is 1. The van der Waals surface area contributed by atoms with Gasteiger partial charge in [-0.3, -0.25) is 9.59 Å². The first-order valence-electron chi connectivity index (χ1n) is 6.66. The van der Waals surface area contributed by atoms with E-state index in [9.17, 15) is 14.0 Å². The van der Waals surface area contributed by atoms with Gasteiger partial charge in [-0.1, -0.05) is 25.7 Å². The Morgan fingerprint density at radius 3 is 2.48 bits per heavy atom. The molecule has 21 heavy (non-hydrogen) atoms. The molecule has 1 saturated carbocycles. The first-order valence-corrected chi connectivity index (χ1v) is 6.66. The van der Waals surface area contributed by atoms with Crippen molar-refractivity contribution < 1.29 is 19.1 Å². The van der Waals surface area contributed by atoms with Gasteiger partial charge in [0.05, 0.1) is 23.1 Å². The van der Waals surface area contributed by atoms with Crippen LogP contribution in [-0.4, -0.2) is 23.5 Å². The fourth-order valence-corrected chi connectivity index (χ4v) is 3.12. The molecule has 5 heteroatoms. The Kier molecular flexibility index (Phi) is 2.89. The van der Waals surface area contributed by atoms with Gasteiger partial charge in [0.15, 0.2) is 0 Å². The number of carbonyl (C=O) groups excluding carboxylic acids is 2. The molecule has 4 nitrogen and oxygen atoms in total. The molecule has 0 radical (unpaired) electrons. The van der Waals surface area contributed by atoms with Gasteiger partial charge >= 0.3 is 0 Å². The van der Waals surface area contributed by atoms with Gasteiger partial charge in [-0.15, -0.1) is 0 Å². The maximum Gasteiger partial charge on any atom is 0.238 e. The van der Waals surface area contributed by atoms with Gasteiger partial charge in [0.1, 0.15) is 12.4 Å². The molecule has 0 aromatic heterocycles. The molecule has 1 N–H and O–H groups in total. The van der Waals surface area contributed by atoms with E-state index < -0.39 is 5.82 Å². The maximum absolute atomic E-state index is 13.3. The van der Waals surface area contributed by atoms with Gasteiger partial charge in [0, 0.05) is 0 Å². The zero-order valence-electron chi connectivity index (χ0n) is 11.7. The predicted molar refractivity (Wildman–Crippen MR) is 73.6 cm³/mol. The highest BCUT2D eigenvalue weighted by atomic mass is 19.1. The minimum atomic E-state index is -0.509. The summed E-state index contributed by atoms with van der Waals surface area (Å²) in [6.07, 6.45) is 0. The van der Waals surface area contributed by atoms with Crippen LogP contribution in [0.5, 0.6) is 0 Å². The summed E-state index contributed by atoms with van der Waals surface area (Å²) in [5.74, 6) is 3.38. The highest BCUT2D eigenvalue weighted by Crippen LogP contribution is 2.63. The van der Waals surface area contributed by atoms with Crippen LogP contribution in [0.15, 0.2) is 18.2 Å². The maximum atomic E-state index is 13.3. The number of aliphatic hydroxyl groups is 1. The van der Waals surface area contributed by atoms with Crippen molar-refractivity contribution in [1.29, 1.82) is 0 Å². The van der Waals surface area contributed by atoms with E-state index in [4.69, 9.17) is 5.11 Å². The van der Waals surface area contributed by atoms with E-state index in [1.165, 1.54) is 12.1 Å². The molecular weight excluding hydrogens is 273 g/mol. The molecule has 2 fully saturated rings. The SMILES string of the molecule is CC1(C)C2C(=O)N(c3ccc(F)cc3C#CCO)C(=O)C21. The molecule has 2 aliphatic rings. The lowest BCUT2D eigenvalue weighted by atomic mass is 10.0. The van der Waals surface area contributed by atoms with Crippen molar-refractivity contribution in [2.75, 3.05) is 11.5 Å². The number of fused-ring (bicyclic) bond motifs is 1. The van der Waals surface area contributed by atoms with E-state index in [0.717, 1.165) is 11.0 Å². The second-order valence-corrected chi connectivity index (χ2v) is 5.91. The predicted octanol–water partition coefficient (Wildman–Crippen LogP) is 1.31. The zero-order chi connectivity index (χ0) is 15.4. The average molecular weight is 287 g/mol. The number of hydrogen-bond acceptors (Lipinski definition) is 3. The molecule has 0 bridgehead atoms. The van der Waals surface area contributed by atoms with Crippen molar-refractivity contribution in [2.24, 2.45) is 17.3 Å². The Morgan fingerprint density at radius 1 is 1.29 bits per heavy atom. The summed E-state index contributed by atoms with van der Waals surface area (Å²) in [6, 6.07) is 3.73. The first-order chi connectivity index (χ1) is 9.89. The van der Waals surface area contributed by atoms with E-state index in [1.54, 1.807) is 0 Å². The van der Waals surface area contributed by atoms with Crippen molar-refractivity contribution in [2.45, 2.75) is 13.8 Å². The smallest absolute Gasteiger partial charge is 0.238 e. The number of carbonyl (C=O) groups is 2. The number of nitrogens with zero attached hydrogens (tertiary/aromatic N) is 1. The van der Waals surface area contributed by atoms with Crippen LogP contribution in [-0.2, 0) is 9.59 Å². The second kappa shape index (κ2) is 4.40. The fraction of sp³-hybridized carbons (Fsp3) is 0.375. The molecule has 1 saturated heterocycles. The summed E-state index contributed by atoms with van der Waals surface area (Å²) >= 11 is 0. The Labute approximate surface area is 121 Å². The third-order valence-corrected chi connectivity index (χ3v) is 4.30. The molecule has 1 aromatic carbocycles. The molecule has 1 heterocycles. The van der Waals surface area contributed by atoms with E-state index in [-0.39, 0.29) is 46.9 Å². The highest BCUT2D eigenvalue weighted by Gasteiger charge is 2.72. The van der Waals surface area contributed by atoms with Crippen molar-refractivity contribution in [1.82, 2.24) is 0 Å². The topological polar surface area (TPSA) is 57.6 Å². The summed E-state index contributed by atoms with van der Waals surface area (Å²) in [4.78, 5) is 25.9. The van der Waals surface area contributed by atoms with Crippen molar-refractivity contribution in [3.05, 3.63) is 29.6 Å². The van der Waals surface area contributed by atoms with E-state index in [1.807, 2.05) is 13.8 Å². The lowest BCUT2D eigenvalue weighted by Crippen LogP contribution is -2.36. The molecule has 1 aromatic rings. The lowest BCUT2D eigenvalue weighted by molar-refractivity contribution is -0.125. The molecule has 2 amide bonds. The molecule has 2 atom stereocenters. The molecule has 108 valence electrons. The monoisotopic (exact) mass is 287 g/mol. The molecule has 0 spiro atoms. The summed E-state index contributed by atoms with van der Waals surface area (Å²) in [5, 5.41) is 8.76. The van der Waals surface area contributed by atoms with Gasteiger partial charge in [-0.05, 0) is 23.6 Å². The van der Waals surface area contributed by atoms with Gasteiger partial charge < -0.3 is 5.11 Å². The van der Waals surface area contributed by atoms with Gasteiger partial charge in [-0.25, -0.2) is 9.29 Å². The van der Waals surface area contributed by atoms with Crippen LogP contribution < -0.4 is 4.90 Å². The molecule has 1 aliphatic heterocycles. The zero-order valence-corrected chi connectivity index (χ0v) is 11.7. The summed E-state index contributed by atoms with van der Waals surface area (Å²) < 4.78 is 13.3. The van der Waals surface area contributed by atoms with E-state index in [2.05, 4.69) is 11.8 Å². The Bertz CT molecular complexity index is 690. The number of halogens is 1. The summed E-state index contributed by atoms with van der Waals surface area (Å²) in [7, 11) is 0. The minimum absolute atomic E-state index is 0.227. The summed E-state index contributed by atoms with van der Waals surface area (Å²) in [6.45, 7) is 3.41. The molecule has 1 aliphatic carbocycles. The third-order valence-electron chi connectivity index (χ3n) is 4.30. The van der Waals surface area contributed by atoms with Crippen LogP contribution >= 0.6 is 0 Å². The number of amides is 2. The summed E-state index contributed by atoms with van der Waals surface area (Å²) in [5.41, 5.74) is 0.224. The van der Waals surface area contributed by atoms with Crippen LogP contribution in [0.1, 0.15) is 19.4 Å².